The molecule has 0 aliphatic heterocycles. The van der Waals surface area contributed by atoms with Gasteiger partial charge in [-0.3, -0.25) is 4.55 Å². The molecule has 8 heteroatoms. The van der Waals surface area contributed by atoms with Crippen LogP contribution in [0, 0.1) is 0 Å². The Morgan fingerprint density at radius 1 is 1.33 bits per heavy atom. The lowest BCUT2D eigenvalue weighted by Crippen LogP contribution is -2.04. The predicted molar refractivity (Wildman–Crippen MR) is 54.4 cm³/mol. The lowest BCUT2D eigenvalue weighted by atomic mass is 10.3. The minimum atomic E-state index is -4.43. The van der Waals surface area contributed by atoms with Crippen molar-refractivity contribution in [1.82, 2.24) is 0 Å². The van der Waals surface area contributed by atoms with Crippen LogP contribution in [0.4, 0.5) is 5.69 Å². The van der Waals surface area contributed by atoms with Gasteiger partial charge in [-0.15, -0.1) is 0 Å². The number of rotatable bonds is 3. The van der Waals surface area contributed by atoms with Gasteiger partial charge in [-0.25, -0.2) is 8.42 Å². The van der Waals surface area contributed by atoms with Gasteiger partial charge in [0.15, 0.2) is 10.7 Å². The van der Waals surface area contributed by atoms with Crippen molar-refractivity contribution < 1.29 is 21.4 Å². The highest BCUT2D eigenvalue weighted by Crippen LogP contribution is 2.22. The average Bonchev–Trinajstić information content (AvgIpc) is 2.15. The Hall–Kier alpha value is -1.12. The van der Waals surface area contributed by atoms with Crippen LogP contribution in [0.1, 0.15) is 0 Å². The normalized spacial score (nSPS) is 11.7. The van der Waals surface area contributed by atoms with Crippen LogP contribution in [-0.2, 0) is 20.8 Å². The van der Waals surface area contributed by atoms with E-state index in [1.807, 2.05) is 0 Å². The summed E-state index contributed by atoms with van der Waals surface area (Å²) in [6, 6.07) is 3.41. The molecule has 0 saturated carbocycles. The summed E-state index contributed by atoms with van der Waals surface area (Å²) in [7, 11) is -5.85. The van der Waals surface area contributed by atoms with Crippen LogP contribution in [0.2, 0.25) is 0 Å². The van der Waals surface area contributed by atoms with Gasteiger partial charge in [-0.2, -0.15) is 8.42 Å². The molecule has 1 aromatic carbocycles. The summed E-state index contributed by atoms with van der Waals surface area (Å²) in [5.41, 5.74) is 0.137. The SMILES string of the molecule is CNc1ccc([SH](=O)=O)cc1S(=O)(=O)O. The summed E-state index contributed by atoms with van der Waals surface area (Å²) in [6.07, 6.45) is 0. The molecule has 0 unspecified atom stereocenters. The van der Waals surface area contributed by atoms with E-state index in [9.17, 15) is 16.8 Å². The Labute approximate surface area is 88.6 Å². The van der Waals surface area contributed by atoms with Crippen molar-refractivity contribution in [2.24, 2.45) is 0 Å². The van der Waals surface area contributed by atoms with Crippen LogP contribution in [0.15, 0.2) is 28.0 Å². The molecule has 0 radical (unpaired) electrons. The highest BCUT2D eigenvalue weighted by molar-refractivity contribution is 7.86. The molecular formula is C7H9NO5S2. The molecule has 0 heterocycles. The fourth-order valence-corrected chi connectivity index (χ4v) is 2.29. The Morgan fingerprint density at radius 3 is 2.33 bits per heavy atom. The van der Waals surface area contributed by atoms with Gasteiger partial charge >= 0.3 is 0 Å². The first-order chi connectivity index (χ1) is 6.86. The largest absolute Gasteiger partial charge is 0.387 e. The van der Waals surface area contributed by atoms with Crippen LogP contribution in [0.3, 0.4) is 0 Å². The van der Waals surface area contributed by atoms with Gasteiger partial charge in [0, 0.05) is 7.05 Å². The number of hydrogen-bond acceptors (Lipinski definition) is 5. The summed E-state index contributed by atoms with van der Waals surface area (Å²) < 4.78 is 51.9. The Morgan fingerprint density at radius 2 is 1.93 bits per heavy atom. The smallest absolute Gasteiger partial charge is 0.296 e. The first-order valence-electron chi connectivity index (χ1n) is 3.80. The van der Waals surface area contributed by atoms with Gasteiger partial charge < -0.3 is 5.32 Å². The number of benzene rings is 1. The van der Waals surface area contributed by atoms with E-state index in [0.29, 0.717) is 0 Å². The van der Waals surface area contributed by atoms with Crippen LogP contribution in [-0.4, -0.2) is 28.4 Å². The summed E-state index contributed by atoms with van der Waals surface area (Å²) in [6.45, 7) is 0. The second-order valence-electron chi connectivity index (χ2n) is 2.66. The minimum absolute atomic E-state index is 0.137. The second-order valence-corrected chi connectivity index (χ2v) is 5.08. The van der Waals surface area contributed by atoms with E-state index < -0.39 is 25.7 Å². The highest BCUT2D eigenvalue weighted by atomic mass is 32.2. The van der Waals surface area contributed by atoms with Crippen LogP contribution >= 0.6 is 0 Å². The van der Waals surface area contributed by atoms with E-state index in [0.717, 1.165) is 6.07 Å². The molecule has 1 rings (SSSR count). The molecule has 0 atom stereocenters. The summed E-state index contributed by atoms with van der Waals surface area (Å²) in [4.78, 5) is -0.627. The zero-order valence-electron chi connectivity index (χ0n) is 7.67. The van der Waals surface area contributed by atoms with Gasteiger partial charge in [0.1, 0.15) is 4.90 Å². The lowest BCUT2D eigenvalue weighted by Gasteiger charge is -2.06. The number of thiol groups is 1. The zero-order valence-corrected chi connectivity index (χ0v) is 9.38. The zero-order chi connectivity index (χ0) is 11.6. The van der Waals surface area contributed by atoms with Gasteiger partial charge in [-0.05, 0) is 18.2 Å². The summed E-state index contributed by atoms with van der Waals surface area (Å²) >= 11 is 0. The van der Waals surface area contributed by atoms with Crippen molar-refractivity contribution in [3.63, 3.8) is 0 Å². The Kier molecular flexibility index (Phi) is 3.32. The molecule has 1 aromatic rings. The first-order valence-corrected chi connectivity index (χ1v) is 6.41. The number of anilines is 1. The van der Waals surface area contributed by atoms with Gasteiger partial charge in [0.25, 0.3) is 10.1 Å². The van der Waals surface area contributed by atoms with E-state index in [1.54, 1.807) is 0 Å². The number of hydrogen-bond donors (Lipinski definition) is 3. The third-order valence-corrected chi connectivity index (χ3v) is 3.32. The molecule has 0 fully saturated rings. The molecular weight excluding hydrogens is 242 g/mol. The maximum atomic E-state index is 10.9. The van der Waals surface area contributed by atoms with Crippen molar-refractivity contribution in [2.45, 2.75) is 9.79 Å². The van der Waals surface area contributed by atoms with Crippen molar-refractivity contribution in [2.75, 3.05) is 12.4 Å². The van der Waals surface area contributed by atoms with E-state index in [1.165, 1.54) is 19.2 Å². The maximum Gasteiger partial charge on any atom is 0.296 e. The van der Waals surface area contributed by atoms with Gasteiger partial charge in [0.2, 0.25) is 0 Å². The van der Waals surface area contributed by atoms with Crippen LogP contribution in [0.5, 0.6) is 0 Å². The predicted octanol–water partition coefficient (Wildman–Crippen LogP) is -0.0547. The molecule has 84 valence electrons. The van der Waals surface area contributed by atoms with E-state index in [-0.39, 0.29) is 10.6 Å². The minimum Gasteiger partial charge on any atom is -0.387 e. The number of nitrogens with one attached hydrogen (secondary N) is 1. The highest BCUT2D eigenvalue weighted by Gasteiger charge is 2.15. The Balaban J connectivity index is 3.52. The summed E-state index contributed by atoms with van der Waals surface area (Å²) in [5.74, 6) is 0. The van der Waals surface area contributed by atoms with Crippen LogP contribution < -0.4 is 5.32 Å². The van der Waals surface area contributed by atoms with Gasteiger partial charge in [0.05, 0.1) is 10.6 Å². The molecule has 0 amide bonds. The molecule has 0 aromatic heterocycles. The second kappa shape index (κ2) is 4.17. The van der Waals surface area contributed by atoms with E-state index in [4.69, 9.17) is 4.55 Å². The van der Waals surface area contributed by atoms with Crippen LogP contribution in [0.25, 0.3) is 0 Å². The molecule has 0 saturated heterocycles. The third-order valence-electron chi connectivity index (χ3n) is 1.72. The molecule has 15 heavy (non-hydrogen) atoms. The van der Waals surface area contributed by atoms with Crippen molar-refractivity contribution >= 4 is 26.5 Å². The van der Waals surface area contributed by atoms with E-state index in [2.05, 4.69) is 5.32 Å². The molecule has 6 nitrogen and oxygen atoms in total. The quantitative estimate of drug-likeness (QED) is 0.514. The lowest BCUT2D eigenvalue weighted by molar-refractivity contribution is 0.483. The fourth-order valence-electron chi connectivity index (χ4n) is 1.04. The summed E-state index contributed by atoms with van der Waals surface area (Å²) in [5, 5.41) is 2.53. The van der Waals surface area contributed by atoms with Gasteiger partial charge in [-0.1, -0.05) is 0 Å². The molecule has 0 bridgehead atoms. The molecule has 0 spiro atoms. The first kappa shape index (κ1) is 12.0. The molecule has 2 N–H and O–H groups in total. The van der Waals surface area contributed by atoms with E-state index >= 15 is 0 Å². The third kappa shape index (κ3) is 2.67. The van der Waals surface area contributed by atoms with Crippen molar-refractivity contribution in [3.05, 3.63) is 18.2 Å². The standard InChI is InChI=1S/C7H9NO5S2/c1-8-6-3-2-5(14(9)10)4-7(6)15(11,12)13/h2-4,8,14H,1H3,(H,11,12,13). The topological polar surface area (TPSA) is 101 Å². The molecule has 0 aliphatic rings. The molecule has 0 aliphatic carbocycles. The van der Waals surface area contributed by atoms with Crippen molar-refractivity contribution in [3.8, 4) is 0 Å². The van der Waals surface area contributed by atoms with Crippen molar-refractivity contribution in [1.29, 1.82) is 0 Å². The average molecular weight is 251 g/mol. The monoisotopic (exact) mass is 251 g/mol. The Bertz CT molecular complexity index is 538. The fraction of sp³-hybridized carbons (Fsp3) is 0.143. The maximum absolute atomic E-state index is 10.9.